The molecule has 2 aromatic carbocycles. The minimum absolute atomic E-state index is 0.171. The van der Waals surface area contributed by atoms with Crippen LogP contribution in [0.1, 0.15) is 40.0 Å². The number of rotatable bonds is 7. The van der Waals surface area contributed by atoms with E-state index in [0.717, 1.165) is 22.8 Å². The fourth-order valence-electron chi connectivity index (χ4n) is 2.49. The van der Waals surface area contributed by atoms with Gasteiger partial charge in [0.15, 0.2) is 6.61 Å². The molecule has 28 heavy (non-hydrogen) atoms. The van der Waals surface area contributed by atoms with Gasteiger partial charge in [-0.1, -0.05) is 30.3 Å². The topological polar surface area (TPSA) is 84.5 Å². The standard InChI is InChI=1S/C21H23FN2O4/c1-13-8-9-16(10-14(13)2)15(3)24-19(25)12-28-20(26)11-23-21(27)17-6-4-5-7-18(17)22/h4-10,15H,11-12H2,1-3H3,(H,23,27)(H,24,25)/t15-/m1/s1. The third-order valence-electron chi connectivity index (χ3n) is 4.28. The Bertz CT molecular complexity index is 882. The van der Waals surface area contributed by atoms with E-state index in [9.17, 15) is 18.8 Å². The van der Waals surface area contributed by atoms with Crippen LogP contribution in [-0.4, -0.2) is 30.9 Å². The second-order valence-corrected chi connectivity index (χ2v) is 6.46. The van der Waals surface area contributed by atoms with E-state index >= 15 is 0 Å². The first-order chi connectivity index (χ1) is 13.3. The molecule has 0 radical (unpaired) electrons. The number of hydrogen-bond acceptors (Lipinski definition) is 4. The lowest BCUT2D eigenvalue weighted by Crippen LogP contribution is -2.35. The van der Waals surface area contributed by atoms with Crippen LogP contribution < -0.4 is 10.6 Å². The largest absolute Gasteiger partial charge is 0.454 e. The fourth-order valence-corrected chi connectivity index (χ4v) is 2.49. The normalized spacial score (nSPS) is 11.4. The lowest BCUT2D eigenvalue weighted by molar-refractivity contribution is -0.147. The number of benzene rings is 2. The lowest BCUT2D eigenvalue weighted by atomic mass is 10.0. The third kappa shape index (κ3) is 5.90. The van der Waals surface area contributed by atoms with Crippen LogP contribution in [0.2, 0.25) is 0 Å². The van der Waals surface area contributed by atoms with Gasteiger partial charge in [0.1, 0.15) is 12.4 Å². The van der Waals surface area contributed by atoms with Gasteiger partial charge in [0.2, 0.25) is 0 Å². The number of carbonyl (C=O) groups is 3. The molecule has 0 saturated heterocycles. The first kappa shape index (κ1) is 21.1. The highest BCUT2D eigenvalue weighted by molar-refractivity contribution is 5.96. The molecule has 2 amide bonds. The summed E-state index contributed by atoms with van der Waals surface area (Å²) in [6.07, 6.45) is 0. The number of amides is 2. The number of hydrogen-bond donors (Lipinski definition) is 2. The Labute approximate surface area is 163 Å². The summed E-state index contributed by atoms with van der Waals surface area (Å²) in [4.78, 5) is 35.5. The molecule has 2 rings (SSSR count). The maximum Gasteiger partial charge on any atom is 0.325 e. The highest BCUT2D eigenvalue weighted by atomic mass is 19.1. The zero-order valence-corrected chi connectivity index (χ0v) is 16.0. The molecule has 0 unspecified atom stereocenters. The summed E-state index contributed by atoms with van der Waals surface area (Å²) in [5.41, 5.74) is 3.06. The molecular weight excluding hydrogens is 363 g/mol. The molecule has 0 aromatic heterocycles. The predicted molar refractivity (Wildman–Crippen MR) is 102 cm³/mol. The Morgan fingerprint density at radius 2 is 1.79 bits per heavy atom. The second kappa shape index (κ2) is 9.64. The first-order valence-electron chi connectivity index (χ1n) is 8.82. The average molecular weight is 386 g/mol. The van der Waals surface area contributed by atoms with Crippen molar-refractivity contribution >= 4 is 17.8 Å². The Balaban J connectivity index is 1.76. The molecule has 0 saturated carbocycles. The summed E-state index contributed by atoms with van der Waals surface area (Å²) < 4.78 is 18.3. The van der Waals surface area contributed by atoms with Crippen molar-refractivity contribution in [3.05, 3.63) is 70.5 Å². The van der Waals surface area contributed by atoms with Crippen LogP contribution in [0.15, 0.2) is 42.5 Å². The third-order valence-corrected chi connectivity index (χ3v) is 4.28. The van der Waals surface area contributed by atoms with Gasteiger partial charge in [-0.3, -0.25) is 14.4 Å². The van der Waals surface area contributed by atoms with Gasteiger partial charge >= 0.3 is 5.97 Å². The molecule has 0 bridgehead atoms. The van der Waals surface area contributed by atoms with Crippen molar-refractivity contribution in [3.63, 3.8) is 0 Å². The molecule has 7 heteroatoms. The molecule has 2 aromatic rings. The number of aryl methyl sites for hydroxylation is 2. The van der Waals surface area contributed by atoms with Crippen molar-refractivity contribution in [2.45, 2.75) is 26.8 Å². The molecule has 0 spiro atoms. The first-order valence-corrected chi connectivity index (χ1v) is 8.82. The number of ether oxygens (including phenoxy) is 1. The van der Waals surface area contributed by atoms with Crippen LogP contribution in [-0.2, 0) is 14.3 Å². The summed E-state index contributed by atoms with van der Waals surface area (Å²) in [6.45, 7) is 4.90. The van der Waals surface area contributed by atoms with Crippen LogP contribution in [0.5, 0.6) is 0 Å². The summed E-state index contributed by atoms with van der Waals surface area (Å²) in [7, 11) is 0. The van der Waals surface area contributed by atoms with Crippen LogP contribution >= 0.6 is 0 Å². The van der Waals surface area contributed by atoms with Crippen LogP contribution in [0.3, 0.4) is 0 Å². The van der Waals surface area contributed by atoms with Crippen LogP contribution in [0.4, 0.5) is 4.39 Å². The van der Waals surface area contributed by atoms with Crippen molar-refractivity contribution in [3.8, 4) is 0 Å². The molecular formula is C21H23FN2O4. The summed E-state index contributed by atoms with van der Waals surface area (Å²) >= 11 is 0. The molecule has 2 N–H and O–H groups in total. The Hall–Kier alpha value is -3.22. The number of carbonyl (C=O) groups excluding carboxylic acids is 3. The van der Waals surface area contributed by atoms with Crippen LogP contribution in [0.25, 0.3) is 0 Å². The lowest BCUT2D eigenvalue weighted by Gasteiger charge is -2.16. The van der Waals surface area contributed by atoms with Gasteiger partial charge in [0.25, 0.3) is 11.8 Å². The maximum absolute atomic E-state index is 13.5. The van der Waals surface area contributed by atoms with Gasteiger partial charge in [0.05, 0.1) is 11.6 Å². The number of nitrogens with one attached hydrogen (secondary N) is 2. The zero-order valence-electron chi connectivity index (χ0n) is 16.0. The van der Waals surface area contributed by atoms with E-state index < -0.39 is 36.8 Å². The highest BCUT2D eigenvalue weighted by Gasteiger charge is 2.15. The van der Waals surface area contributed by atoms with Gasteiger partial charge in [-0.05, 0) is 49.6 Å². The molecule has 0 fully saturated rings. The van der Waals surface area contributed by atoms with Crippen molar-refractivity contribution in [2.75, 3.05) is 13.2 Å². The van der Waals surface area contributed by atoms with Crippen molar-refractivity contribution in [1.29, 1.82) is 0 Å². The van der Waals surface area contributed by atoms with Gasteiger partial charge in [0, 0.05) is 0 Å². The molecule has 148 valence electrons. The Kier molecular flexibility index (Phi) is 7.26. The van der Waals surface area contributed by atoms with Gasteiger partial charge in [-0.15, -0.1) is 0 Å². The Morgan fingerprint density at radius 1 is 1.07 bits per heavy atom. The van der Waals surface area contributed by atoms with E-state index in [-0.39, 0.29) is 11.6 Å². The average Bonchev–Trinajstić information content (AvgIpc) is 2.66. The summed E-state index contributed by atoms with van der Waals surface area (Å²) in [5, 5.41) is 5.00. The van der Waals surface area contributed by atoms with Gasteiger partial charge in [-0.25, -0.2) is 4.39 Å². The molecule has 0 heterocycles. The van der Waals surface area contributed by atoms with E-state index in [0.29, 0.717) is 0 Å². The predicted octanol–water partition coefficient (Wildman–Crippen LogP) is 2.59. The smallest absolute Gasteiger partial charge is 0.325 e. The van der Waals surface area contributed by atoms with Crippen molar-refractivity contribution in [1.82, 2.24) is 10.6 Å². The second-order valence-electron chi connectivity index (χ2n) is 6.46. The molecule has 6 nitrogen and oxygen atoms in total. The fraction of sp³-hybridized carbons (Fsp3) is 0.286. The van der Waals surface area contributed by atoms with E-state index in [1.165, 1.54) is 18.2 Å². The van der Waals surface area contributed by atoms with Crippen molar-refractivity contribution in [2.24, 2.45) is 0 Å². The van der Waals surface area contributed by atoms with E-state index in [4.69, 9.17) is 4.74 Å². The van der Waals surface area contributed by atoms with E-state index in [2.05, 4.69) is 10.6 Å². The van der Waals surface area contributed by atoms with E-state index in [1.807, 2.05) is 39.0 Å². The zero-order chi connectivity index (χ0) is 20.7. The number of halogens is 1. The molecule has 0 aliphatic heterocycles. The van der Waals surface area contributed by atoms with Crippen LogP contribution in [0, 0.1) is 19.7 Å². The van der Waals surface area contributed by atoms with Gasteiger partial charge in [-0.2, -0.15) is 0 Å². The van der Waals surface area contributed by atoms with Crippen molar-refractivity contribution < 1.29 is 23.5 Å². The molecule has 0 aliphatic carbocycles. The van der Waals surface area contributed by atoms with E-state index in [1.54, 1.807) is 0 Å². The summed E-state index contributed by atoms with van der Waals surface area (Å²) in [5.74, 6) is -2.67. The molecule has 0 aliphatic rings. The minimum Gasteiger partial charge on any atom is -0.454 e. The molecule has 1 atom stereocenters. The van der Waals surface area contributed by atoms with Gasteiger partial charge < -0.3 is 15.4 Å². The highest BCUT2D eigenvalue weighted by Crippen LogP contribution is 2.16. The number of esters is 1. The maximum atomic E-state index is 13.5. The SMILES string of the molecule is Cc1ccc([C@@H](C)NC(=O)COC(=O)CNC(=O)c2ccccc2F)cc1C. The minimum atomic E-state index is -0.793. The quantitative estimate of drug-likeness (QED) is 0.717. The Morgan fingerprint density at radius 3 is 2.46 bits per heavy atom. The monoisotopic (exact) mass is 386 g/mol. The summed E-state index contributed by atoms with van der Waals surface area (Å²) in [6, 6.07) is 11.1.